The molecule has 21 heavy (non-hydrogen) atoms. The van der Waals surface area contributed by atoms with Crippen LogP contribution in [0.15, 0.2) is 18.2 Å². The number of nitrogens with zero attached hydrogens (tertiary/aromatic N) is 2. The Balaban J connectivity index is 2.18. The Hall–Kier alpha value is -2.23. The largest absolute Gasteiger partial charge is 0.384 e. The van der Waals surface area contributed by atoms with E-state index in [1.807, 2.05) is 19.9 Å². The number of nitrogens with one attached hydrogen (secondary N) is 1. The van der Waals surface area contributed by atoms with E-state index in [1.54, 1.807) is 12.1 Å². The van der Waals surface area contributed by atoms with Crippen LogP contribution in [0.2, 0.25) is 0 Å². The number of rotatable bonds is 3. The van der Waals surface area contributed by atoms with Crippen molar-refractivity contribution < 1.29 is 9.90 Å². The van der Waals surface area contributed by atoms with E-state index in [0.29, 0.717) is 17.0 Å². The minimum absolute atomic E-state index is 0.171. The molecular weight excluding hydrogens is 286 g/mol. The van der Waals surface area contributed by atoms with E-state index >= 15 is 0 Å². The quantitative estimate of drug-likeness (QED) is 0.850. The summed E-state index contributed by atoms with van der Waals surface area (Å²) < 4.78 is 3.81. The molecule has 6 heteroatoms. The van der Waals surface area contributed by atoms with Crippen molar-refractivity contribution in [3.05, 3.63) is 39.9 Å². The standard InChI is InChI=1S/C15H15N3O2S/c1-3-12-14(21-18-17-12)15(20)16-13-7-6-11(5-4-8-19)9-10(13)2/h6-7,9,19H,3,8H2,1-2H3,(H,16,20). The molecule has 0 bridgehead atoms. The Morgan fingerprint density at radius 1 is 1.48 bits per heavy atom. The fraction of sp³-hybridized carbons (Fsp3) is 0.267. The van der Waals surface area contributed by atoms with Gasteiger partial charge in [0.2, 0.25) is 0 Å². The molecule has 1 heterocycles. The maximum absolute atomic E-state index is 12.2. The van der Waals surface area contributed by atoms with Crippen molar-refractivity contribution >= 4 is 23.1 Å². The summed E-state index contributed by atoms with van der Waals surface area (Å²) in [6.07, 6.45) is 0.675. The first-order valence-corrected chi connectivity index (χ1v) is 7.26. The number of aryl methyl sites for hydroxylation is 2. The number of carbonyl (C=O) groups is 1. The summed E-state index contributed by atoms with van der Waals surface area (Å²) >= 11 is 1.10. The fourth-order valence-corrected chi connectivity index (χ4v) is 2.46. The lowest BCUT2D eigenvalue weighted by Gasteiger charge is -2.08. The van der Waals surface area contributed by atoms with Gasteiger partial charge in [0.1, 0.15) is 11.5 Å². The number of aliphatic hydroxyl groups excluding tert-OH is 1. The van der Waals surface area contributed by atoms with Crippen LogP contribution in [0.5, 0.6) is 0 Å². The molecule has 0 aliphatic carbocycles. The number of aliphatic hydroxyl groups is 1. The van der Waals surface area contributed by atoms with Crippen LogP contribution in [-0.2, 0) is 6.42 Å². The van der Waals surface area contributed by atoms with Gasteiger partial charge in [0.05, 0.1) is 5.69 Å². The monoisotopic (exact) mass is 301 g/mol. The van der Waals surface area contributed by atoms with Crippen molar-refractivity contribution in [1.82, 2.24) is 9.59 Å². The van der Waals surface area contributed by atoms with Crippen molar-refractivity contribution in [1.29, 1.82) is 0 Å². The van der Waals surface area contributed by atoms with Crippen LogP contribution < -0.4 is 5.32 Å². The molecule has 0 fully saturated rings. The van der Waals surface area contributed by atoms with Gasteiger partial charge in [0, 0.05) is 11.3 Å². The van der Waals surface area contributed by atoms with Gasteiger partial charge in [-0.3, -0.25) is 4.79 Å². The first-order valence-electron chi connectivity index (χ1n) is 6.48. The summed E-state index contributed by atoms with van der Waals surface area (Å²) in [5.74, 6) is 5.23. The topological polar surface area (TPSA) is 75.1 Å². The van der Waals surface area contributed by atoms with Crippen LogP contribution in [0, 0.1) is 18.8 Å². The molecule has 0 radical (unpaired) electrons. The first-order chi connectivity index (χ1) is 10.2. The minimum Gasteiger partial charge on any atom is -0.384 e. The lowest BCUT2D eigenvalue weighted by atomic mass is 10.1. The Morgan fingerprint density at radius 2 is 2.29 bits per heavy atom. The summed E-state index contributed by atoms with van der Waals surface area (Å²) in [4.78, 5) is 12.8. The number of amides is 1. The van der Waals surface area contributed by atoms with Crippen molar-refractivity contribution in [2.75, 3.05) is 11.9 Å². The van der Waals surface area contributed by atoms with Gasteiger partial charge in [0.25, 0.3) is 5.91 Å². The molecule has 1 aromatic carbocycles. The Bertz CT molecular complexity index is 713. The lowest BCUT2D eigenvalue weighted by Crippen LogP contribution is -2.13. The minimum atomic E-state index is -0.195. The molecule has 0 spiro atoms. The van der Waals surface area contributed by atoms with Crippen molar-refractivity contribution in [2.45, 2.75) is 20.3 Å². The van der Waals surface area contributed by atoms with Gasteiger partial charge in [-0.1, -0.05) is 23.3 Å². The Labute approximate surface area is 127 Å². The van der Waals surface area contributed by atoms with E-state index in [1.165, 1.54) is 0 Å². The lowest BCUT2D eigenvalue weighted by molar-refractivity contribution is 0.102. The second-order valence-electron chi connectivity index (χ2n) is 4.35. The molecule has 0 aliphatic heterocycles. The molecule has 1 amide bonds. The molecule has 2 rings (SSSR count). The van der Waals surface area contributed by atoms with Gasteiger partial charge >= 0.3 is 0 Å². The number of hydrogen-bond acceptors (Lipinski definition) is 5. The summed E-state index contributed by atoms with van der Waals surface area (Å²) in [6, 6.07) is 5.47. The number of benzene rings is 1. The normalized spacial score (nSPS) is 9.86. The highest BCUT2D eigenvalue weighted by molar-refractivity contribution is 7.08. The number of hydrogen-bond donors (Lipinski definition) is 2. The van der Waals surface area contributed by atoms with Crippen LogP contribution >= 0.6 is 11.5 Å². The number of anilines is 1. The summed E-state index contributed by atoms with van der Waals surface area (Å²) in [6.45, 7) is 3.66. The van der Waals surface area contributed by atoms with Crippen molar-refractivity contribution in [2.24, 2.45) is 0 Å². The maximum atomic E-state index is 12.2. The molecule has 0 unspecified atom stereocenters. The predicted octanol–water partition coefficient (Wildman–Crippen LogP) is 2.01. The molecule has 0 saturated heterocycles. The highest BCUT2D eigenvalue weighted by atomic mass is 32.1. The van der Waals surface area contributed by atoms with Crippen LogP contribution in [-0.4, -0.2) is 27.2 Å². The summed E-state index contributed by atoms with van der Waals surface area (Å²) in [5.41, 5.74) is 3.14. The zero-order valence-corrected chi connectivity index (χ0v) is 12.6. The third kappa shape index (κ3) is 3.66. The van der Waals surface area contributed by atoms with Gasteiger partial charge in [-0.2, -0.15) is 0 Å². The SMILES string of the molecule is CCc1nnsc1C(=O)Nc1ccc(C#CCO)cc1C. The number of carbonyl (C=O) groups excluding carboxylic acids is 1. The predicted molar refractivity (Wildman–Crippen MR) is 82.4 cm³/mol. The van der Waals surface area contributed by atoms with Gasteiger partial charge in [-0.15, -0.1) is 5.10 Å². The van der Waals surface area contributed by atoms with Crippen molar-refractivity contribution in [3.8, 4) is 11.8 Å². The second kappa shape index (κ2) is 6.97. The van der Waals surface area contributed by atoms with Crippen LogP contribution in [0.3, 0.4) is 0 Å². The van der Waals surface area contributed by atoms with E-state index in [-0.39, 0.29) is 12.5 Å². The zero-order valence-electron chi connectivity index (χ0n) is 11.8. The molecule has 1 aromatic heterocycles. The smallest absolute Gasteiger partial charge is 0.269 e. The summed E-state index contributed by atoms with van der Waals surface area (Å²) in [7, 11) is 0. The molecule has 5 nitrogen and oxygen atoms in total. The van der Waals surface area contributed by atoms with Crippen LogP contribution in [0.25, 0.3) is 0 Å². The molecule has 0 saturated carbocycles. The van der Waals surface area contributed by atoms with Crippen molar-refractivity contribution in [3.63, 3.8) is 0 Å². The van der Waals surface area contributed by atoms with Crippen LogP contribution in [0.4, 0.5) is 5.69 Å². The highest BCUT2D eigenvalue weighted by Gasteiger charge is 2.15. The summed E-state index contributed by atoms with van der Waals surface area (Å²) in [5, 5.41) is 15.5. The third-order valence-corrected chi connectivity index (χ3v) is 3.65. The average molecular weight is 301 g/mol. The third-order valence-electron chi connectivity index (χ3n) is 2.88. The molecular formula is C15H15N3O2S. The van der Waals surface area contributed by atoms with E-state index < -0.39 is 0 Å². The van der Waals surface area contributed by atoms with E-state index in [2.05, 4.69) is 26.7 Å². The maximum Gasteiger partial charge on any atom is 0.269 e. The molecule has 0 atom stereocenters. The average Bonchev–Trinajstić information content (AvgIpc) is 2.96. The molecule has 2 N–H and O–H groups in total. The van der Waals surface area contributed by atoms with Gasteiger partial charge in [-0.25, -0.2) is 0 Å². The zero-order chi connectivity index (χ0) is 15.2. The number of aromatic nitrogens is 2. The first kappa shape index (κ1) is 15.2. The van der Waals surface area contributed by atoms with Gasteiger partial charge in [-0.05, 0) is 48.6 Å². The van der Waals surface area contributed by atoms with Gasteiger partial charge in [0.15, 0.2) is 0 Å². The molecule has 0 aliphatic rings. The second-order valence-corrected chi connectivity index (χ2v) is 5.10. The Kier molecular flexibility index (Phi) is 5.04. The molecule has 2 aromatic rings. The van der Waals surface area contributed by atoms with Gasteiger partial charge < -0.3 is 10.4 Å². The fourth-order valence-electron chi connectivity index (χ4n) is 1.81. The molecule has 108 valence electrons. The van der Waals surface area contributed by atoms with E-state index in [0.717, 1.165) is 28.3 Å². The van der Waals surface area contributed by atoms with Crippen LogP contribution in [0.1, 0.15) is 33.4 Å². The van der Waals surface area contributed by atoms with E-state index in [4.69, 9.17) is 5.11 Å². The Morgan fingerprint density at radius 3 is 2.95 bits per heavy atom. The van der Waals surface area contributed by atoms with E-state index in [9.17, 15) is 4.79 Å². The highest BCUT2D eigenvalue weighted by Crippen LogP contribution is 2.19.